The summed E-state index contributed by atoms with van der Waals surface area (Å²) in [4.78, 5) is 14.5. The standard InChI is InChI=1S/C22H30N2O2/c1-5-26-20-13-11-19(12-14-20)21(24(3)4)16-23-22(25)15-17(2)18-9-7-6-8-10-18/h6-14,17,21H,5,15-16H2,1-4H3,(H,23,25). The average molecular weight is 354 g/mol. The number of hydrogen-bond acceptors (Lipinski definition) is 3. The summed E-state index contributed by atoms with van der Waals surface area (Å²) in [6, 6.07) is 18.4. The Labute approximate surface area is 157 Å². The van der Waals surface area contributed by atoms with Crippen LogP contribution in [-0.2, 0) is 4.79 Å². The second-order valence-corrected chi connectivity index (χ2v) is 6.80. The maximum Gasteiger partial charge on any atom is 0.220 e. The highest BCUT2D eigenvalue weighted by Gasteiger charge is 2.17. The van der Waals surface area contributed by atoms with Gasteiger partial charge in [-0.2, -0.15) is 0 Å². The van der Waals surface area contributed by atoms with Crippen LogP contribution in [0.4, 0.5) is 0 Å². The van der Waals surface area contributed by atoms with Gasteiger partial charge in [-0.15, -0.1) is 0 Å². The normalized spacial score (nSPS) is 13.3. The molecule has 0 aliphatic heterocycles. The first-order valence-electron chi connectivity index (χ1n) is 9.22. The Morgan fingerprint density at radius 2 is 1.69 bits per heavy atom. The SMILES string of the molecule is CCOc1ccc(C(CNC(=O)CC(C)c2ccccc2)N(C)C)cc1. The zero-order valence-electron chi connectivity index (χ0n) is 16.2. The van der Waals surface area contributed by atoms with Crippen molar-refractivity contribution in [2.24, 2.45) is 0 Å². The molecular formula is C22H30N2O2. The minimum Gasteiger partial charge on any atom is -0.494 e. The van der Waals surface area contributed by atoms with Gasteiger partial charge in [-0.1, -0.05) is 49.4 Å². The van der Waals surface area contributed by atoms with Gasteiger partial charge in [0.15, 0.2) is 0 Å². The molecule has 4 heteroatoms. The van der Waals surface area contributed by atoms with Crippen LogP contribution in [0.2, 0.25) is 0 Å². The molecule has 0 saturated heterocycles. The molecule has 0 aliphatic carbocycles. The summed E-state index contributed by atoms with van der Waals surface area (Å²) < 4.78 is 5.50. The molecule has 1 N–H and O–H groups in total. The van der Waals surface area contributed by atoms with Gasteiger partial charge >= 0.3 is 0 Å². The number of carbonyl (C=O) groups excluding carboxylic acids is 1. The summed E-state index contributed by atoms with van der Waals surface area (Å²) in [7, 11) is 4.06. The van der Waals surface area contributed by atoms with Crippen LogP contribution in [0.15, 0.2) is 54.6 Å². The number of nitrogens with zero attached hydrogens (tertiary/aromatic N) is 1. The Balaban J connectivity index is 1.92. The van der Waals surface area contributed by atoms with Crippen molar-refractivity contribution in [2.75, 3.05) is 27.2 Å². The number of ether oxygens (including phenoxy) is 1. The largest absolute Gasteiger partial charge is 0.494 e. The van der Waals surface area contributed by atoms with E-state index in [4.69, 9.17) is 4.74 Å². The third-order valence-corrected chi connectivity index (χ3v) is 4.55. The molecule has 0 spiro atoms. The molecule has 0 heterocycles. The summed E-state index contributed by atoms with van der Waals surface area (Å²) in [5, 5.41) is 3.09. The van der Waals surface area contributed by atoms with Gasteiger partial charge in [0.05, 0.1) is 12.6 Å². The molecule has 140 valence electrons. The van der Waals surface area contributed by atoms with Crippen molar-refractivity contribution in [2.45, 2.75) is 32.2 Å². The molecule has 2 aromatic carbocycles. The van der Waals surface area contributed by atoms with Crippen LogP contribution in [-0.4, -0.2) is 38.1 Å². The number of nitrogens with one attached hydrogen (secondary N) is 1. The Morgan fingerprint density at radius 3 is 2.27 bits per heavy atom. The van der Waals surface area contributed by atoms with Gasteiger partial charge in [0.25, 0.3) is 0 Å². The number of benzene rings is 2. The average Bonchev–Trinajstić information content (AvgIpc) is 2.64. The first kappa shape index (κ1) is 20.0. The molecule has 0 aliphatic rings. The lowest BCUT2D eigenvalue weighted by atomic mass is 9.97. The van der Waals surface area contributed by atoms with E-state index in [9.17, 15) is 4.79 Å². The molecule has 2 unspecified atom stereocenters. The van der Waals surface area contributed by atoms with E-state index in [1.165, 1.54) is 5.56 Å². The van der Waals surface area contributed by atoms with Gasteiger partial charge in [0.2, 0.25) is 5.91 Å². The lowest BCUT2D eigenvalue weighted by Crippen LogP contribution is -2.34. The number of hydrogen-bond donors (Lipinski definition) is 1. The molecule has 2 rings (SSSR count). The third-order valence-electron chi connectivity index (χ3n) is 4.55. The second-order valence-electron chi connectivity index (χ2n) is 6.80. The Bertz CT molecular complexity index is 668. The van der Waals surface area contributed by atoms with Gasteiger partial charge < -0.3 is 15.0 Å². The van der Waals surface area contributed by atoms with E-state index in [-0.39, 0.29) is 17.9 Å². The van der Waals surface area contributed by atoms with Crippen LogP contribution >= 0.6 is 0 Å². The van der Waals surface area contributed by atoms with Gasteiger partial charge in [-0.3, -0.25) is 4.79 Å². The molecule has 0 bridgehead atoms. The molecule has 4 nitrogen and oxygen atoms in total. The Hall–Kier alpha value is -2.33. The molecule has 1 amide bonds. The summed E-state index contributed by atoms with van der Waals surface area (Å²) in [5.74, 6) is 1.16. The first-order valence-corrected chi connectivity index (χ1v) is 9.22. The fraction of sp³-hybridized carbons (Fsp3) is 0.409. The fourth-order valence-corrected chi connectivity index (χ4v) is 3.01. The van der Waals surface area contributed by atoms with Crippen LogP contribution < -0.4 is 10.1 Å². The number of carbonyl (C=O) groups is 1. The minimum absolute atomic E-state index is 0.0825. The summed E-state index contributed by atoms with van der Waals surface area (Å²) in [6.45, 7) is 5.31. The van der Waals surface area contributed by atoms with Crippen LogP contribution in [0.5, 0.6) is 5.75 Å². The molecule has 0 fully saturated rings. The van der Waals surface area contributed by atoms with E-state index in [2.05, 4.69) is 41.4 Å². The molecule has 0 saturated carbocycles. The maximum atomic E-state index is 12.4. The van der Waals surface area contributed by atoms with Crippen molar-refractivity contribution in [3.8, 4) is 5.75 Å². The highest BCUT2D eigenvalue weighted by Crippen LogP contribution is 2.22. The van der Waals surface area contributed by atoms with Crippen LogP contribution in [0.1, 0.15) is 43.4 Å². The highest BCUT2D eigenvalue weighted by atomic mass is 16.5. The number of amides is 1. The van der Waals surface area contributed by atoms with Crippen molar-refractivity contribution in [1.82, 2.24) is 10.2 Å². The topological polar surface area (TPSA) is 41.6 Å². The third kappa shape index (κ3) is 5.88. The Kier molecular flexibility index (Phi) is 7.67. The monoisotopic (exact) mass is 354 g/mol. The van der Waals surface area contributed by atoms with E-state index in [0.717, 1.165) is 11.3 Å². The lowest BCUT2D eigenvalue weighted by Gasteiger charge is -2.25. The van der Waals surface area contributed by atoms with Crippen molar-refractivity contribution >= 4 is 5.91 Å². The molecule has 2 aromatic rings. The second kappa shape index (κ2) is 9.97. The van der Waals surface area contributed by atoms with Crippen LogP contribution in [0.3, 0.4) is 0 Å². The predicted octanol–water partition coefficient (Wildman–Crippen LogP) is 4.00. The zero-order valence-corrected chi connectivity index (χ0v) is 16.2. The van der Waals surface area contributed by atoms with E-state index in [0.29, 0.717) is 19.6 Å². The fourth-order valence-electron chi connectivity index (χ4n) is 3.01. The van der Waals surface area contributed by atoms with Crippen LogP contribution in [0, 0.1) is 0 Å². The van der Waals surface area contributed by atoms with Crippen molar-refractivity contribution in [1.29, 1.82) is 0 Å². The molecule has 26 heavy (non-hydrogen) atoms. The molecule has 2 atom stereocenters. The summed E-state index contributed by atoms with van der Waals surface area (Å²) in [6.07, 6.45) is 0.493. The van der Waals surface area contributed by atoms with Crippen molar-refractivity contribution in [3.05, 3.63) is 65.7 Å². The minimum atomic E-state index is 0.0825. The van der Waals surface area contributed by atoms with Gasteiger partial charge in [-0.25, -0.2) is 0 Å². The quantitative estimate of drug-likeness (QED) is 0.740. The Morgan fingerprint density at radius 1 is 1.04 bits per heavy atom. The highest BCUT2D eigenvalue weighted by molar-refractivity contribution is 5.76. The van der Waals surface area contributed by atoms with E-state index in [1.54, 1.807) is 0 Å². The lowest BCUT2D eigenvalue weighted by molar-refractivity contribution is -0.121. The van der Waals surface area contributed by atoms with Crippen molar-refractivity contribution in [3.63, 3.8) is 0 Å². The predicted molar refractivity (Wildman–Crippen MR) is 107 cm³/mol. The number of rotatable bonds is 9. The van der Waals surface area contributed by atoms with Gasteiger partial charge in [0, 0.05) is 13.0 Å². The zero-order chi connectivity index (χ0) is 18.9. The molecule has 0 aromatic heterocycles. The first-order chi connectivity index (χ1) is 12.5. The number of likely N-dealkylation sites (N-methyl/N-ethyl adjacent to an activating group) is 1. The maximum absolute atomic E-state index is 12.4. The van der Waals surface area contributed by atoms with E-state index < -0.39 is 0 Å². The van der Waals surface area contributed by atoms with E-state index >= 15 is 0 Å². The van der Waals surface area contributed by atoms with Gasteiger partial charge in [-0.05, 0) is 50.2 Å². The van der Waals surface area contributed by atoms with Crippen LogP contribution in [0.25, 0.3) is 0 Å². The molecular weight excluding hydrogens is 324 g/mol. The van der Waals surface area contributed by atoms with E-state index in [1.807, 2.05) is 51.4 Å². The van der Waals surface area contributed by atoms with Crippen molar-refractivity contribution < 1.29 is 9.53 Å². The van der Waals surface area contributed by atoms with Gasteiger partial charge in [0.1, 0.15) is 5.75 Å². The summed E-state index contributed by atoms with van der Waals surface area (Å²) >= 11 is 0. The summed E-state index contributed by atoms with van der Waals surface area (Å²) in [5.41, 5.74) is 2.35. The molecule has 0 radical (unpaired) electrons. The smallest absolute Gasteiger partial charge is 0.220 e.